The van der Waals surface area contributed by atoms with Crippen molar-refractivity contribution in [3.05, 3.63) is 22.3 Å². The lowest BCUT2D eigenvalue weighted by Crippen LogP contribution is -2.34. The number of anilines is 1. The molecule has 0 unspecified atom stereocenters. The molecule has 2 nitrogen and oxygen atoms in total. The molecule has 76 valence electrons. The SMILES string of the molecule is Cc1nc(NC2CC(C)C2)ccc1Br. The molecular weight excluding hydrogens is 240 g/mol. The van der Waals surface area contributed by atoms with Crippen molar-refractivity contribution in [3.8, 4) is 0 Å². The van der Waals surface area contributed by atoms with Gasteiger partial charge in [0, 0.05) is 10.5 Å². The van der Waals surface area contributed by atoms with Crippen LogP contribution in [0.15, 0.2) is 16.6 Å². The van der Waals surface area contributed by atoms with Gasteiger partial charge in [-0.3, -0.25) is 0 Å². The molecule has 0 aliphatic heterocycles. The summed E-state index contributed by atoms with van der Waals surface area (Å²) in [5.41, 5.74) is 1.04. The Kier molecular flexibility index (Phi) is 2.77. The molecule has 0 atom stereocenters. The second kappa shape index (κ2) is 3.89. The number of rotatable bonds is 2. The summed E-state index contributed by atoms with van der Waals surface area (Å²) in [5.74, 6) is 1.88. The van der Waals surface area contributed by atoms with Gasteiger partial charge in [-0.2, -0.15) is 0 Å². The van der Waals surface area contributed by atoms with E-state index in [4.69, 9.17) is 0 Å². The van der Waals surface area contributed by atoms with Crippen LogP contribution in [0.1, 0.15) is 25.5 Å². The van der Waals surface area contributed by atoms with Gasteiger partial charge in [0.15, 0.2) is 0 Å². The highest BCUT2D eigenvalue weighted by molar-refractivity contribution is 9.10. The Morgan fingerprint density at radius 1 is 1.43 bits per heavy atom. The van der Waals surface area contributed by atoms with E-state index in [1.165, 1.54) is 12.8 Å². The van der Waals surface area contributed by atoms with Crippen LogP contribution in [0.2, 0.25) is 0 Å². The van der Waals surface area contributed by atoms with Crippen LogP contribution in [0, 0.1) is 12.8 Å². The van der Waals surface area contributed by atoms with Crippen LogP contribution in [-0.2, 0) is 0 Å². The second-order valence-corrected chi connectivity index (χ2v) is 5.04. The van der Waals surface area contributed by atoms with Crippen LogP contribution in [0.5, 0.6) is 0 Å². The van der Waals surface area contributed by atoms with Gasteiger partial charge in [0.1, 0.15) is 5.82 Å². The minimum absolute atomic E-state index is 0.637. The van der Waals surface area contributed by atoms with Gasteiger partial charge in [-0.25, -0.2) is 4.98 Å². The number of halogens is 1. The predicted molar refractivity (Wildman–Crippen MR) is 62.5 cm³/mol. The average molecular weight is 255 g/mol. The Morgan fingerprint density at radius 2 is 2.14 bits per heavy atom. The third-order valence-electron chi connectivity index (χ3n) is 2.75. The van der Waals surface area contributed by atoms with E-state index in [-0.39, 0.29) is 0 Å². The fraction of sp³-hybridized carbons (Fsp3) is 0.545. The molecule has 1 heterocycles. The lowest BCUT2D eigenvalue weighted by molar-refractivity contribution is 0.308. The number of pyridine rings is 1. The summed E-state index contributed by atoms with van der Waals surface area (Å²) in [4.78, 5) is 4.46. The van der Waals surface area contributed by atoms with Gasteiger partial charge in [-0.05, 0) is 53.7 Å². The monoisotopic (exact) mass is 254 g/mol. The first-order valence-corrected chi connectivity index (χ1v) is 5.84. The standard InChI is InChI=1S/C11H15BrN2/c1-7-5-9(6-7)14-11-4-3-10(12)8(2)13-11/h3-4,7,9H,5-6H2,1-2H3,(H,13,14). The quantitative estimate of drug-likeness (QED) is 0.876. The molecule has 1 N–H and O–H groups in total. The zero-order chi connectivity index (χ0) is 10.1. The number of hydrogen-bond donors (Lipinski definition) is 1. The first-order chi connectivity index (χ1) is 6.65. The van der Waals surface area contributed by atoms with E-state index in [0.717, 1.165) is 21.9 Å². The molecule has 0 saturated heterocycles. The molecule has 14 heavy (non-hydrogen) atoms. The molecule has 0 amide bonds. The Morgan fingerprint density at radius 3 is 2.71 bits per heavy atom. The molecule has 2 rings (SSSR count). The molecule has 1 aromatic heterocycles. The van der Waals surface area contributed by atoms with Gasteiger partial charge < -0.3 is 5.32 Å². The van der Waals surface area contributed by atoms with E-state index in [1.807, 2.05) is 19.1 Å². The molecule has 0 aromatic carbocycles. The lowest BCUT2D eigenvalue weighted by atomic mass is 9.82. The van der Waals surface area contributed by atoms with Crippen molar-refractivity contribution in [2.24, 2.45) is 5.92 Å². The van der Waals surface area contributed by atoms with Crippen molar-refractivity contribution in [1.82, 2.24) is 4.98 Å². The molecule has 1 aromatic rings. The normalized spacial score (nSPS) is 25.6. The molecule has 1 aliphatic rings. The first-order valence-electron chi connectivity index (χ1n) is 5.05. The summed E-state index contributed by atoms with van der Waals surface area (Å²) in [6.07, 6.45) is 2.55. The zero-order valence-corrected chi connectivity index (χ0v) is 10.1. The average Bonchev–Trinajstić information content (AvgIpc) is 2.09. The summed E-state index contributed by atoms with van der Waals surface area (Å²) >= 11 is 3.45. The van der Waals surface area contributed by atoms with Crippen molar-refractivity contribution >= 4 is 21.7 Å². The maximum atomic E-state index is 4.46. The largest absolute Gasteiger partial charge is 0.367 e. The summed E-state index contributed by atoms with van der Waals surface area (Å²) in [7, 11) is 0. The fourth-order valence-electron chi connectivity index (χ4n) is 1.85. The fourth-order valence-corrected chi connectivity index (χ4v) is 2.07. The molecular formula is C11H15BrN2. The van der Waals surface area contributed by atoms with Gasteiger partial charge in [-0.15, -0.1) is 0 Å². The van der Waals surface area contributed by atoms with Crippen molar-refractivity contribution in [3.63, 3.8) is 0 Å². The predicted octanol–water partition coefficient (Wildman–Crippen LogP) is 3.36. The third kappa shape index (κ3) is 2.08. The minimum Gasteiger partial charge on any atom is -0.367 e. The van der Waals surface area contributed by atoms with Crippen LogP contribution >= 0.6 is 15.9 Å². The summed E-state index contributed by atoms with van der Waals surface area (Å²) in [5, 5.41) is 3.44. The molecule has 0 bridgehead atoms. The molecule has 1 aliphatic carbocycles. The highest BCUT2D eigenvalue weighted by Crippen LogP contribution is 2.29. The molecule has 3 heteroatoms. The highest BCUT2D eigenvalue weighted by atomic mass is 79.9. The van der Waals surface area contributed by atoms with Gasteiger partial charge >= 0.3 is 0 Å². The molecule has 0 spiro atoms. The van der Waals surface area contributed by atoms with Crippen molar-refractivity contribution < 1.29 is 0 Å². The van der Waals surface area contributed by atoms with Gasteiger partial charge in [0.05, 0.1) is 5.69 Å². The molecule has 1 saturated carbocycles. The van der Waals surface area contributed by atoms with E-state index in [1.54, 1.807) is 0 Å². The Hall–Kier alpha value is -0.570. The van der Waals surface area contributed by atoms with Crippen molar-refractivity contribution in [2.75, 3.05) is 5.32 Å². The summed E-state index contributed by atoms with van der Waals surface area (Å²) in [6, 6.07) is 4.71. The number of aromatic nitrogens is 1. The van der Waals surface area contributed by atoms with Gasteiger partial charge in [-0.1, -0.05) is 6.92 Å². The van der Waals surface area contributed by atoms with Crippen LogP contribution in [0.4, 0.5) is 5.82 Å². The minimum atomic E-state index is 0.637. The maximum absolute atomic E-state index is 4.46. The zero-order valence-electron chi connectivity index (χ0n) is 8.55. The van der Waals surface area contributed by atoms with Crippen LogP contribution < -0.4 is 5.32 Å². The number of nitrogens with one attached hydrogen (secondary N) is 1. The first kappa shape index (κ1) is 9.97. The van der Waals surface area contributed by atoms with Crippen LogP contribution in [0.25, 0.3) is 0 Å². The van der Waals surface area contributed by atoms with Crippen LogP contribution in [0.3, 0.4) is 0 Å². The van der Waals surface area contributed by atoms with Crippen molar-refractivity contribution in [1.29, 1.82) is 0 Å². The molecule has 1 fully saturated rings. The third-order valence-corrected chi connectivity index (χ3v) is 3.59. The smallest absolute Gasteiger partial charge is 0.126 e. The lowest BCUT2D eigenvalue weighted by Gasteiger charge is -2.33. The van der Waals surface area contributed by atoms with E-state index in [9.17, 15) is 0 Å². The number of hydrogen-bond acceptors (Lipinski definition) is 2. The highest BCUT2D eigenvalue weighted by Gasteiger charge is 2.25. The van der Waals surface area contributed by atoms with E-state index < -0.39 is 0 Å². The second-order valence-electron chi connectivity index (χ2n) is 4.18. The van der Waals surface area contributed by atoms with Gasteiger partial charge in [0.2, 0.25) is 0 Å². The maximum Gasteiger partial charge on any atom is 0.126 e. The Balaban J connectivity index is 2.00. The summed E-state index contributed by atoms with van der Waals surface area (Å²) < 4.78 is 1.07. The topological polar surface area (TPSA) is 24.9 Å². The van der Waals surface area contributed by atoms with Gasteiger partial charge in [0.25, 0.3) is 0 Å². The van der Waals surface area contributed by atoms with E-state index in [2.05, 4.69) is 33.2 Å². The van der Waals surface area contributed by atoms with E-state index in [0.29, 0.717) is 6.04 Å². The number of nitrogens with zero attached hydrogens (tertiary/aromatic N) is 1. The van der Waals surface area contributed by atoms with Crippen molar-refractivity contribution in [2.45, 2.75) is 32.7 Å². The Labute approximate surface area is 93.3 Å². The van der Waals surface area contributed by atoms with Crippen LogP contribution in [-0.4, -0.2) is 11.0 Å². The number of aryl methyl sites for hydroxylation is 1. The van der Waals surface area contributed by atoms with E-state index >= 15 is 0 Å². The Bertz CT molecular complexity index is 332. The summed E-state index contributed by atoms with van der Waals surface area (Å²) in [6.45, 7) is 4.30. The molecule has 0 radical (unpaired) electrons.